The number of aryl methyl sites for hydroxylation is 1. The van der Waals surface area contributed by atoms with Gasteiger partial charge in [-0.25, -0.2) is 4.98 Å². The van der Waals surface area contributed by atoms with Crippen molar-refractivity contribution < 1.29 is 4.74 Å². The van der Waals surface area contributed by atoms with Gasteiger partial charge in [-0.2, -0.15) is 0 Å². The second-order valence-electron chi connectivity index (χ2n) is 7.53. The van der Waals surface area contributed by atoms with Gasteiger partial charge in [-0.15, -0.1) is 21.5 Å². The Morgan fingerprint density at radius 2 is 1.84 bits per heavy atom. The average molecular weight is 452 g/mol. The molecule has 31 heavy (non-hydrogen) atoms. The lowest BCUT2D eigenvalue weighted by Gasteiger charge is -2.11. The summed E-state index contributed by atoms with van der Waals surface area (Å²) < 4.78 is 7.39. The quantitative estimate of drug-likeness (QED) is 0.305. The first-order valence-electron chi connectivity index (χ1n) is 10.2. The lowest BCUT2D eigenvalue weighted by molar-refractivity contribution is 0.414. The first-order chi connectivity index (χ1) is 15.1. The summed E-state index contributed by atoms with van der Waals surface area (Å²) in [7, 11) is 1.67. The fraction of sp³-hybridized carbons (Fsp3) is 0.304. The summed E-state index contributed by atoms with van der Waals surface area (Å²) in [6.07, 6.45) is 5.74. The van der Waals surface area contributed by atoms with Crippen LogP contribution in [0, 0.1) is 5.92 Å². The molecule has 0 saturated heterocycles. The van der Waals surface area contributed by atoms with Crippen molar-refractivity contribution in [2.45, 2.75) is 37.6 Å². The van der Waals surface area contributed by atoms with Crippen LogP contribution in [0.15, 0.2) is 59.3 Å². The number of rotatable bonds is 9. The van der Waals surface area contributed by atoms with Crippen LogP contribution in [0.5, 0.6) is 5.75 Å². The van der Waals surface area contributed by atoms with E-state index in [1.165, 1.54) is 11.4 Å². The number of benzene rings is 1. The maximum Gasteiger partial charge on any atom is 0.196 e. The smallest absolute Gasteiger partial charge is 0.196 e. The topological polar surface area (TPSA) is 65.7 Å². The molecule has 4 rings (SSSR count). The van der Waals surface area contributed by atoms with Gasteiger partial charge in [-0.1, -0.05) is 25.6 Å². The standard InChI is InChI=1S/C23H25N5OS2/c1-16(2)4-9-21-25-18(14-30-21)15-31-23-27-26-22(17-10-12-24-13-11-17)28(23)19-5-7-20(29-3)8-6-19/h5-8,10-14,16H,4,9,15H2,1-3H3. The molecule has 0 saturated carbocycles. The Balaban J connectivity index is 1.59. The summed E-state index contributed by atoms with van der Waals surface area (Å²) in [5, 5.41) is 13.2. The highest BCUT2D eigenvalue weighted by Crippen LogP contribution is 2.30. The molecule has 0 aliphatic carbocycles. The maximum absolute atomic E-state index is 5.31. The van der Waals surface area contributed by atoms with Crippen molar-refractivity contribution in [2.75, 3.05) is 7.11 Å². The van der Waals surface area contributed by atoms with Crippen LogP contribution in [0.1, 0.15) is 31.0 Å². The van der Waals surface area contributed by atoms with E-state index in [9.17, 15) is 0 Å². The highest BCUT2D eigenvalue weighted by molar-refractivity contribution is 7.98. The largest absolute Gasteiger partial charge is 0.497 e. The summed E-state index contributed by atoms with van der Waals surface area (Å²) in [5.74, 6) is 3.04. The summed E-state index contributed by atoms with van der Waals surface area (Å²) in [6.45, 7) is 4.49. The van der Waals surface area contributed by atoms with E-state index in [1.807, 2.05) is 36.4 Å². The Bertz CT molecular complexity index is 1110. The molecule has 3 heterocycles. The van der Waals surface area contributed by atoms with E-state index in [2.05, 4.69) is 39.0 Å². The van der Waals surface area contributed by atoms with Crippen LogP contribution in [-0.2, 0) is 12.2 Å². The minimum Gasteiger partial charge on any atom is -0.497 e. The molecule has 6 nitrogen and oxygen atoms in total. The number of methoxy groups -OCH3 is 1. The van der Waals surface area contributed by atoms with Crippen molar-refractivity contribution in [2.24, 2.45) is 5.92 Å². The summed E-state index contributed by atoms with van der Waals surface area (Å²) >= 11 is 3.39. The fourth-order valence-electron chi connectivity index (χ4n) is 3.10. The molecule has 0 radical (unpaired) electrons. The van der Waals surface area contributed by atoms with Crippen LogP contribution in [-0.4, -0.2) is 31.8 Å². The Morgan fingerprint density at radius 3 is 2.55 bits per heavy atom. The summed E-state index contributed by atoms with van der Waals surface area (Å²) in [4.78, 5) is 8.92. The number of aromatic nitrogens is 5. The van der Waals surface area contributed by atoms with Crippen LogP contribution in [0.4, 0.5) is 0 Å². The molecule has 0 aliphatic rings. The number of thiazole rings is 1. The van der Waals surface area contributed by atoms with Gasteiger partial charge in [0.1, 0.15) is 5.75 Å². The first kappa shape index (κ1) is 21.5. The number of ether oxygens (including phenoxy) is 1. The second-order valence-corrected chi connectivity index (χ2v) is 9.41. The number of pyridine rings is 1. The molecule has 0 N–H and O–H groups in total. The zero-order valence-electron chi connectivity index (χ0n) is 17.9. The van der Waals surface area contributed by atoms with Crippen molar-refractivity contribution in [1.82, 2.24) is 24.7 Å². The van der Waals surface area contributed by atoms with Gasteiger partial charge in [-0.05, 0) is 55.2 Å². The van der Waals surface area contributed by atoms with E-state index < -0.39 is 0 Å². The molecule has 0 unspecified atom stereocenters. The van der Waals surface area contributed by atoms with Gasteiger partial charge in [0.2, 0.25) is 0 Å². The predicted molar refractivity (Wildman–Crippen MR) is 126 cm³/mol. The fourth-order valence-corrected chi connectivity index (χ4v) is 4.86. The number of hydrogen-bond donors (Lipinski definition) is 0. The molecule has 3 aromatic heterocycles. The molecule has 8 heteroatoms. The molecule has 160 valence electrons. The third-order valence-electron chi connectivity index (χ3n) is 4.79. The first-order valence-corrected chi connectivity index (χ1v) is 12.1. The molecular weight excluding hydrogens is 426 g/mol. The van der Waals surface area contributed by atoms with Crippen molar-refractivity contribution >= 4 is 23.1 Å². The van der Waals surface area contributed by atoms with Gasteiger partial charge in [0.25, 0.3) is 0 Å². The highest BCUT2D eigenvalue weighted by atomic mass is 32.2. The van der Waals surface area contributed by atoms with Gasteiger partial charge >= 0.3 is 0 Å². The second kappa shape index (κ2) is 10.1. The minimum atomic E-state index is 0.691. The van der Waals surface area contributed by atoms with Crippen molar-refractivity contribution in [3.8, 4) is 22.8 Å². The molecule has 0 atom stereocenters. The van der Waals surface area contributed by atoms with Gasteiger partial charge in [0.15, 0.2) is 11.0 Å². The Hall–Kier alpha value is -2.71. The zero-order valence-corrected chi connectivity index (χ0v) is 19.5. The van der Waals surface area contributed by atoms with Gasteiger partial charge in [0, 0.05) is 34.8 Å². The Labute approximate surface area is 190 Å². The third kappa shape index (κ3) is 5.32. The van der Waals surface area contributed by atoms with Crippen LogP contribution >= 0.6 is 23.1 Å². The van der Waals surface area contributed by atoms with E-state index >= 15 is 0 Å². The maximum atomic E-state index is 5.31. The summed E-state index contributed by atoms with van der Waals surface area (Å²) in [5.41, 5.74) is 3.04. The molecular formula is C23H25N5OS2. The van der Waals surface area contributed by atoms with E-state index in [1.54, 1.807) is 42.6 Å². The lowest BCUT2D eigenvalue weighted by Crippen LogP contribution is -2.00. The van der Waals surface area contributed by atoms with E-state index in [0.29, 0.717) is 5.92 Å². The molecule has 0 bridgehead atoms. The van der Waals surface area contributed by atoms with E-state index in [-0.39, 0.29) is 0 Å². The Morgan fingerprint density at radius 1 is 1.06 bits per heavy atom. The van der Waals surface area contributed by atoms with Gasteiger partial charge in [-0.3, -0.25) is 9.55 Å². The summed E-state index contributed by atoms with van der Waals surface area (Å²) in [6, 6.07) is 11.8. The molecule has 0 amide bonds. The van der Waals surface area contributed by atoms with E-state index in [0.717, 1.165) is 45.8 Å². The van der Waals surface area contributed by atoms with Gasteiger partial charge in [0.05, 0.1) is 17.8 Å². The molecule has 4 aromatic rings. The normalized spacial score (nSPS) is 11.2. The SMILES string of the molecule is COc1ccc(-n2c(SCc3csc(CCC(C)C)n3)nnc2-c2ccncc2)cc1. The molecule has 1 aromatic carbocycles. The Kier molecular flexibility index (Phi) is 6.99. The van der Waals surface area contributed by atoms with Crippen molar-refractivity contribution in [3.63, 3.8) is 0 Å². The number of thioether (sulfide) groups is 1. The molecule has 0 aliphatic heterocycles. The monoisotopic (exact) mass is 451 g/mol. The van der Waals surface area contributed by atoms with Crippen molar-refractivity contribution in [1.29, 1.82) is 0 Å². The average Bonchev–Trinajstić information content (AvgIpc) is 3.44. The third-order valence-corrected chi connectivity index (χ3v) is 6.71. The predicted octanol–water partition coefficient (Wildman–Crippen LogP) is 5.68. The lowest BCUT2D eigenvalue weighted by atomic mass is 10.1. The molecule has 0 spiro atoms. The van der Waals surface area contributed by atoms with Crippen LogP contribution in [0.2, 0.25) is 0 Å². The van der Waals surface area contributed by atoms with Gasteiger partial charge < -0.3 is 4.74 Å². The zero-order chi connectivity index (χ0) is 21.6. The van der Waals surface area contributed by atoms with Crippen LogP contribution in [0.25, 0.3) is 17.1 Å². The molecule has 0 fully saturated rings. The number of hydrogen-bond acceptors (Lipinski definition) is 7. The van der Waals surface area contributed by atoms with E-state index in [4.69, 9.17) is 9.72 Å². The van der Waals surface area contributed by atoms with Crippen molar-refractivity contribution in [3.05, 3.63) is 64.9 Å². The number of nitrogens with zero attached hydrogens (tertiary/aromatic N) is 5. The minimum absolute atomic E-state index is 0.691. The van der Waals surface area contributed by atoms with Crippen LogP contribution in [0.3, 0.4) is 0 Å². The highest BCUT2D eigenvalue weighted by Gasteiger charge is 2.17. The van der Waals surface area contributed by atoms with Crippen LogP contribution < -0.4 is 4.74 Å².